The number of benzene rings is 3. The monoisotopic (exact) mass is 626 g/mol. The maximum atomic E-state index is 13.7. The minimum atomic E-state index is -0.366. The Kier molecular flexibility index (Phi) is 5.60. The number of nitrogens with zero attached hydrogens (tertiary/aromatic N) is 4. The highest BCUT2D eigenvalue weighted by atomic mass is 79.9. The molecule has 1 amide bonds. The summed E-state index contributed by atoms with van der Waals surface area (Å²) in [7, 11) is 0. The molecular weight excluding hydrogens is 616 g/mol. The van der Waals surface area contributed by atoms with Gasteiger partial charge in [0.05, 0.1) is 17.8 Å². The maximum absolute atomic E-state index is 13.7. The molecule has 3 aromatic carbocycles. The molecule has 1 aliphatic rings. The van der Waals surface area contributed by atoms with Gasteiger partial charge in [0, 0.05) is 25.1 Å². The molecule has 6 rings (SSSR count). The molecule has 0 N–H and O–H groups in total. The van der Waals surface area contributed by atoms with Crippen LogP contribution in [0, 0.1) is 0 Å². The van der Waals surface area contributed by atoms with E-state index >= 15 is 0 Å². The third-order valence-electron chi connectivity index (χ3n) is 5.75. The van der Waals surface area contributed by atoms with Gasteiger partial charge in [0.2, 0.25) is 4.96 Å². The Hall–Kier alpha value is -2.85. The van der Waals surface area contributed by atoms with E-state index in [1.807, 2.05) is 60.7 Å². The molecule has 0 radical (unpaired) electrons. The van der Waals surface area contributed by atoms with Gasteiger partial charge in [-0.2, -0.15) is 9.50 Å². The first-order valence-corrected chi connectivity index (χ1v) is 13.2. The van der Waals surface area contributed by atoms with Crippen LogP contribution in [0.15, 0.2) is 80.5 Å². The summed E-state index contributed by atoms with van der Waals surface area (Å²) >= 11 is 14.4. The average molecular weight is 629 g/mol. The molecule has 0 fully saturated rings. The lowest BCUT2D eigenvalue weighted by Gasteiger charge is -2.18. The number of anilines is 1. The molecule has 0 unspecified atom stereocenters. The van der Waals surface area contributed by atoms with Gasteiger partial charge < -0.3 is 4.90 Å². The standard InChI is InChI=1S/C25H13Br2ClN4O2S/c26-15-7-5-13(6-8-15)22-29-25-32(30-22)24(34)21(35-25)20-17-11-16(27)9-10-19(17)31(23(20)33)12-14-3-1-2-4-18(14)28/h1-11H,12H2/b21-20-. The number of aromatic nitrogens is 3. The molecule has 35 heavy (non-hydrogen) atoms. The van der Waals surface area contributed by atoms with E-state index in [2.05, 4.69) is 41.9 Å². The summed E-state index contributed by atoms with van der Waals surface area (Å²) in [5, 5.41) is 5.00. The average Bonchev–Trinajstić information content (AvgIpc) is 3.47. The first-order chi connectivity index (χ1) is 16.9. The van der Waals surface area contributed by atoms with Gasteiger partial charge in [-0.1, -0.05) is 85.1 Å². The van der Waals surface area contributed by atoms with Crippen molar-refractivity contribution in [2.24, 2.45) is 0 Å². The molecule has 2 aromatic heterocycles. The van der Waals surface area contributed by atoms with Gasteiger partial charge in [0.15, 0.2) is 5.82 Å². The van der Waals surface area contributed by atoms with Gasteiger partial charge >= 0.3 is 0 Å². The summed E-state index contributed by atoms with van der Waals surface area (Å²) in [6.07, 6.45) is 0. The Morgan fingerprint density at radius 3 is 2.43 bits per heavy atom. The Labute approximate surface area is 224 Å². The van der Waals surface area contributed by atoms with Crippen LogP contribution in [0.1, 0.15) is 11.1 Å². The molecule has 3 heterocycles. The highest BCUT2D eigenvalue weighted by Crippen LogP contribution is 2.38. The number of fused-ring (bicyclic) bond motifs is 2. The minimum Gasteiger partial charge on any atom is -0.303 e. The molecule has 0 bridgehead atoms. The molecule has 0 aliphatic carbocycles. The number of thiazole rings is 1. The van der Waals surface area contributed by atoms with Crippen LogP contribution in [0.25, 0.3) is 21.9 Å². The van der Waals surface area contributed by atoms with Crippen molar-refractivity contribution in [2.45, 2.75) is 6.54 Å². The maximum Gasteiger partial charge on any atom is 0.291 e. The Bertz CT molecular complexity index is 1760. The van der Waals surface area contributed by atoms with Crippen molar-refractivity contribution in [3.8, 4) is 11.4 Å². The fourth-order valence-electron chi connectivity index (χ4n) is 4.08. The van der Waals surface area contributed by atoms with Gasteiger partial charge in [0.25, 0.3) is 11.5 Å². The molecular formula is C25H13Br2ClN4O2S. The Morgan fingerprint density at radius 1 is 0.943 bits per heavy atom. The van der Waals surface area contributed by atoms with Crippen LogP contribution in [0.3, 0.4) is 0 Å². The van der Waals surface area contributed by atoms with Gasteiger partial charge in [-0.15, -0.1) is 5.10 Å². The number of rotatable bonds is 3. The lowest BCUT2D eigenvalue weighted by molar-refractivity contribution is -0.113. The van der Waals surface area contributed by atoms with Crippen molar-refractivity contribution in [3.05, 3.63) is 107 Å². The molecule has 0 saturated carbocycles. The first-order valence-electron chi connectivity index (χ1n) is 10.5. The van der Waals surface area contributed by atoms with Crippen LogP contribution in [0.5, 0.6) is 0 Å². The Balaban J connectivity index is 1.52. The quantitative estimate of drug-likeness (QED) is 0.266. The smallest absolute Gasteiger partial charge is 0.291 e. The van der Waals surface area contributed by atoms with Crippen molar-refractivity contribution in [1.29, 1.82) is 0 Å². The lowest BCUT2D eigenvalue weighted by Crippen LogP contribution is -2.32. The summed E-state index contributed by atoms with van der Waals surface area (Å²) in [6.45, 7) is 0.291. The van der Waals surface area contributed by atoms with Crippen molar-refractivity contribution in [2.75, 3.05) is 4.90 Å². The third-order valence-corrected chi connectivity index (χ3v) is 8.17. The SMILES string of the molecule is O=C1/C(=c2\sc3nc(-c4ccc(Br)cc4)nn3c2=O)c2cc(Br)ccc2N1Cc1ccccc1Cl. The number of hydrogen-bond donors (Lipinski definition) is 0. The van der Waals surface area contributed by atoms with Crippen LogP contribution in [-0.4, -0.2) is 20.5 Å². The van der Waals surface area contributed by atoms with Gasteiger partial charge in [0.1, 0.15) is 4.53 Å². The van der Waals surface area contributed by atoms with Crippen molar-refractivity contribution < 1.29 is 4.79 Å². The summed E-state index contributed by atoms with van der Waals surface area (Å²) < 4.78 is 3.33. The molecule has 1 aliphatic heterocycles. The number of amides is 1. The second-order valence-corrected chi connectivity index (χ2v) is 11.1. The van der Waals surface area contributed by atoms with E-state index in [-0.39, 0.29) is 11.5 Å². The van der Waals surface area contributed by atoms with E-state index in [0.29, 0.717) is 38.0 Å². The molecule has 0 atom stereocenters. The molecule has 6 nitrogen and oxygen atoms in total. The van der Waals surface area contributed by atoms with E-state index in [1.54, 1.807) is 11.0 Å². The molecule has 0 saturated heterocycles. The predicted molar refractivity (Wildman–Crippen MR) is 145 cm³/mol. The Morgan fingerprint density at radius 2 is 1.69 bits per heavy atom. The fourth-order valence-corrected chi connectivity index (χ4v) is 5.90. The topological polar surface area (TPSA) is 67.6 Å². The van der Waals surface area contributed by atoms with Crippen LogP contribution >= 0.6 is 54.8 Å². The second kappa shape index (κ2) is 8.67. The van der Waals surface area contributed by atoms with Crippen molar-refractivity contribution in [3.63, 3.8) is 0 Å². The van der Waals surface area contributed by atoms with E-state index in [1.165, 1.54) is 15.9 Å². The van der Waals surface area contributed by atoms with Crippen LogP contribution < -0.4 is 15.0 Å². The van der Waals surface area contributed by atoms with Crippen LogP contribution in [0.2, 0.25) is 5.02 Å². The van der Waals surface area contributed by atoms with Crippen molar-refractivity contribution in [1.82, 2.24) is 14.6 Å². The van der Waals surface area contributed by atoms with Gasteiger partial charge in [-0.05, 0) is 42.0 Å². The van der Waals surface area contributed by atoms with E-state index in [0.717, 1.165) is 25.8 Å². The van der Waals surface area contributed by atoms with E-state index < -0.39 is 0 Å². The zero-order valence-electron chi connectivity index (χ0n) is 17.7. The number of carbonyl (C=O) groups is 1. The van der Waals surface area contributed by atoms with E-state index in [9.17, 15) is 9.59 Å². The molecule has 5 aromatic rings. The summed E-state index contributed by atoms with van der Waals surface area (Å²) in [6, 6.07) is 20.6. The van der Waals surface area contributed by atoms with Crippen LogP contribution in [-0.2, 0) is 11.3 Å². The number of hydrogen-bond acceptors (Lipinski definition) is 5. The molecule has 0 spiro atoms. The largest absolute Gasteiger partial charge is 0.303 e. The molecule has 172 valence electrons. The highest BCUT2D eigenvalue weighted by Gasteiger charge is 2.35. The molecule has 10 heteroatoms. The summed E-state index contributed by atoms with van der Waals surface area (Å²) in [5.41, 5.74) is 3.01. The van der Waals surface area contributed by atoms with Crippen LogP contribution in [0.4, 0.5) is 5.69 Å². The van der Waals surface area contributed by atoms with Gasteiger partial charge in [-0.3, -0.25) is 9.59 Å². The van der Waals surface area contributed by atoms with Gasteiger partial charge in [-0.25, -0.2) is 0 Å². The normalized spacial score (nSPS) is 14.7. The number of carbonyl (C=O) groups excluding carboxylic acids is 1. The fraction of sp³-hybridized carbons (Fsp3) is 0.0400. The first kappa shape index (κ1) is 22.6. The zero-order chi connectivity index (χ0) is 24.3. The minimum absolute atomic E-state index is 0.257. The van der Waals surface area contributed by atoms with E-state index in [4.69, 9.17) is 11.6 Å². The lowest BCUT2D eigenvalue weighted by atomic mass is 10.1. The summed E-state index contributed by atoms with van der Waals surface area (Å²) in [4.78, 5) is 33.8. The zero-order valence-corrected chi connectivity index (χ0v) is 22.4. The highest BCUT2D eigenvalue weighted by molar-refractivity contribution is 9.10. The predicted octanol–water partition coefficient (Wildman–Crippen LogP) is 5.46. The number of halogens is 3. The van der Waals surface area contributed by atoms with Crippen molar-refractivity contribution >= 4 is 76.9 Å². The third kappa shape index (κ3) is 3.83. The second-order valence-electron chi connectivity index (χ2n) is 7.89. The summed E-state index contributed by atoms with van der Waals surface area (Å²) in [5.74, 6) is 0.200.